The van der Waals surface area contributed by atoms with E-state index in [-0.39, 0.29) is 16.9 Å². The molecule has 1 aliphatic heterocycles. The van der Waals surface area contributed by atoms with Gasteiger partial charge in [0.2, 0.25) is 0 Å². The smallest absolute Gasteiger partial charge is 0.127 e. The van der Waals surface area contributed by atoms with Gasteiger partial charge in [0.05, 0.1) is 6.61 Å². The Kier molecular flexibility index (Phi) is 2.72. The van der Waals surface area contributed by atoms with E-state index in [0.29, 0.717) is 5.92 Å². The summed E-state index contributed by atoms with van der Waals surface area (Å²) >= 11 is 6.23. The predicted octanol–water partition coefficient (Wildman–Crippen LogP) is 3.96. The Hall–Kier alpha value is -0.730. The zero-order valence-electron chi connectivity index (χ0n) is 12.1. The van der Waals surface area contributed by atoms with E-state index >= 15 is 0 Å². The maximum absolute atomic E-state index is 6.55. The largest absolute Gasteiger partial charge is 0.493 e. The lowest BCUT2D eigenvalue weighted by atomic mass is 9.95. The van der Waals surface area contributed by atoms with Gasteiger partial charge in [0, 0.05) is 23.0 Å². The molecule has 1 unspecified atom stereocenters. The second-order valence-corrected chi connectivity index (χ2v) is 7.46. The zero-order chi connectivity index (χ0) is 14.0. The van der Waals surface area contributed by atoms with Crippen molar-refractivity contribution < 1.29 is 4.74 Å². The van der Waals surface area contributed by atoms with E-state index in [1.165, 1.54) is 5.56 Å². The molecule has 1 fully saturated rings. The number of nitrogens with two attached hydrogens (primary N) is 1. The van der Waals surface area contributed by atoms with Crippen LogP contribution in [0.15, 0.2) is 12.1 Å². The van der Waals surface area contributed by atoms with Crippen LogP contribution >= 0.6 is 11.6 Å². The first-order chi connectivity index (χ1) is 8.76. The lowest BCUT2D eigenvalue weighted by molar-refractivity contribution is 0.347. The molecule has 0 amide bonds. The van der Waals surface area contributed by atoms with Crippen LogP contribution in [0.1, 0.15) is 44.9 Å². The Balaban J connectivity index is 2.00. The van der Waals surface area contributed by atoms with Crippen LogP contribution < -0.4 is 10.5 Å². The fourth-order valence-corrected chi connectivity index (χ4v) is 4.12. The van der Waals surface area contributed by atoms with Crippen molar-refractivity contribution >= 4 is 11.6 Å². The van der Waals surface area contributed by atoms with Crippen molar-refractivity contribution in [1.29, 1.82) is 0 Å². The first-order valence-corrected chi connectivity index (χ1v) is 7.35. The summed E-state index contributed by atoms with van der Waals surface area (Å²) in [6.07, 6.45) is 0.938. The highest BCUT2D eigenvalue weighted by Crippen LogP contribution is 2.72. The Morgan fingerprint density at radius 2 is 1.89 bits per heavy atom. The molecule has 2 aliphatic rings. The molecule has 0 saturated heterocycles. The molecular weight excluding hydrogens is 258 g/mol. The molecule has 1 aliphatic carbocycles. The van der Waals surface area contributed by atoms with Gasteiger partial charge < -0.3 is 10.5 Å². The Bertz CT molecular complexity index is 522. The monoisotopic (exact) mass is 279 g/mol. The van der Waals surface area contributed by atoms with E-state index in [2.05, 4.69) is 27.7 Å². The van der Waals surface area contributed by atoms with E-state index in [0.717, 1.165) is 29.4 Å². The van der Waals surface area contributed by atoms with Crippen molar-refractivity contribution in [3.63, 3.8) is 0 Å². The second kappa shape index (κ2) is 3.89. The summed E-state index contributed by atoms with van der Waals surface area (Å²) in [5.41, 5.74) is 9.37. The number of hydrogen-bond acceptors (Lipinski definition) is 2. The highest BCUT2D eigenvalue weighted by Gasteiger charge is 2.67. The predicted molar refractivity (Wildman–Crippen MR) is 78.6 cm³/mol. The average molecular weight is 280 g/mol. The maximum atomic E-state index is 6.55. The van der Waals surface area contributed by atoms with Gasteiger partial charge >= 0.3 is 0 Å². The summed E-state index contributed by atoms with van der Waals surface area (Å²) in [4.78, 5) is 0. The molecule has 0 radical (unpaired) electrons. The van der Waals surface area contributed by atoms with E-state index in [1.807, 2.05) is 12.1 Å². The molecular formula is C16H22ClNO. The van der Waals surface area contributed by atoms with Crippen molar-refractivity contribution in [3.8, 4) is 5.75 Å². The maximum Gasteiger partial charge on any atom is 0.127 e. The van der Waals surface area contributed by atoms with Gasteiger partial charge in [-0.25, -0.2) is 0 Å². The fourth-order valence-electron chi connectivity index (χ4n) is 3.87. The van der Waals surface area contributed by atoms with Gasteiger partial charge in [-0.3, -0.25) is 0 Å². The Morgan fingerprint density at radius 1 is 1.26 bits per heavy atom. The molecule has 0 aromatic heterocycles. The Morgan fingerprint density at radius 3 is 2.47 bits per heavy atom. The number of fused-ring (bicyclic) bond motifs is 1. The molecule has 19 heavy (non-hydrogen) atoms. The van der Waals surface area contributed by atoms with E-state index in [4.69, 9.17) is 22.1 Å². The van der Waals surface area contributed by atoms with Crippen molar-refractivity contribution in [1.82, 2.24) is 0 Å². The Labute approximate surface area is 120 Å². The normalized spacial score (nSPS) is 24.7. The quantitative estimate of drug-likeness (QED) is 0.889. The van der Waals surface area contributed by atoms with Gasteiger partial charge in [-0.15, -0.1) is 0 Å². The van der Waals surface area contributed by atoms with Crippen LogP contribution in [0.25, 0.3) is 0 Å². The molecule has 1 saturated carbocycles. The van der Waals surface area contributed by atoms with Gasteiger partial charge in [0.25, 0.3) is 0 Å². The minimum atomic E-state index is -0.00412. The minimum absolute atomic E-state index is 0.00412. The molecule has 2 N–H and O–H groups in total. The van der Waals surface area contributed by atoms with Gasteiger partial charge in [-0.05, 0) is 34.4 Å². The summed E-state index contributed by atoms with van der Waals surface area (Å²) in [5, 5.41) is 0.769. The van der Waals surface area contributed by atoms with Gasteiger partial charge in [0.15, 0.2) is 0 Å². The van der Waals surface area contributed by atoms with Crippen LogP contribution in [0.2, 0.25) is 5.02 Å². The summed E-state index contributed by atoms with van der Waals surface area (Å²) in [5.74, 6) is 1.45. The van der Waals surface area contributed by atoms with Crippen LogP contribution in [-0.4, -0.2) is 6.61 Å². The summed E-state index contributed by atoms with van der Waals surface area (Å²) in [7, 11) is 0. The molecule has 1 heterocycles. The topological polar surface area (TPSA) is 35.2 Å². The van der Waals surface area contributed by atoms with E-state index in [9.17, 15) is 0 Å². The van der Waals surface area contributed by atoms with Crippen LogP contribution in [-0.2, 0) is 6.42 Å². The SMILES string of the molecule is CC1(C)C(C(N)c2cc(Cl)cc3c2OCC3)C1(C)C. The number of ether oxygens (including phenoxy) is 1. The lowest BCUT2D eigenvalue weighted by Gasteiger charge is -2.18. The highest BCUT2D eigenvalue weighted by atomic mass is 35.5. The first kappa shape index (κ1) is 13.3. The number of rotatable bonds is 2. The van der Waals surface area contributed by atoms with Gasteiger partial charge in [-0.2, -0.15) is 0 Å². The molecule has 2 nitrogen and oxygen atoms in total. The third kappa shape index (κ3) is 1.73. The summed E-state index contributed by atoms with van der Waals surface area (Å²) in [6, 6.07) is 3.99. The van der Waals surface area contributed by atoms with Crippen molar-refractivity contribution in [3.05, 3.63) is 28.3 Å². The van der Waals surface area contributed by atoms with E-state index < -0.39 is 0 Å². The molecule has 1 aromatic rings. The third-order valence-electron chi connectivity index (χ3n) is 5.63. The number of halogens is 1. The third-order valence-corrected chi connectivity index (χ3v) is 5.85. The lowest BCUT2D eigenvalue weighted by Crippen LogP contribution is -2.17. The van der Waals surface area contributed by atoms with Gasteiger partial charge in [-0.1, -0.05) is 39.3 Å². The molecule has 1 aromatic carbocycles. The van der Waals surface area contributed by atoms with E-state index in [1.54, 1.807) is 0 Å². The molecule has 0 spiro atoms. The summed E-state index contributed by atoms with van der Waals surface area (Å²) < 4.78 is 5.78. The molecule has 104 valence electrons. The van der Waals surface area contributed by atoms with Crippen LogP contribution in [0.4, 0.5) is 0 Å². The molecule has 3 rings (SSSR count). The van der Waals surface area contributed by atoms with Gasteiger partial charge in [0.1, 0.15) is 5.75 Å². The second-order valence-electron chi connectivity index (χ2n) is 7.03. The molecule has 1 atom stereocenters. The zero-order valence-corrected chi connectivity index (χ0v) is 12.8. The number of benzene rings is 1. The van der Waals surface area contributed by atoms with Crippen molar-refractivity contribution in [2.24, 2.45) is 22.5 Å². The van der Waals surface area contributed by atoms with Crippen LogP contribution in [0.3, 0.4) is 0 Å². The molecule has 3 heteroatoms. The van der Waals surface area contributed by atoms with Crippen LogP contribution in [0.5, 0.6) is 5.75 Å². The van der Waals surface area contributed by atoms with Crippen molar-refractivity contribution in [2.75, 3.05) is 6.61 Å². The fraction of sp³-hybridized carbons (Fsp3) is 0.625. The average Bonchev–Trinajstić information content (AvgIpc) is 2.68. The highest BCUT2D eigenvalue weighted by molar-refractivity contribution is 6.30. The number of hydrogen-bond donors (Lipinski definition) is 1. The standard InChI is InChI=1S/C16H22ClNO/c1-15(2)14(16(15,3)4)12(18)11-8-10(17)7-9-5-6-19-13(9)11/h7-8,12,14H,5-6,18H2,1-4H3. The van der Waals surface area contributed by atoms with Crippen LogP contribution in [0, 0.1) is 16.7 Å². The summed E-state index contributed by atoms with van der Waals surface area (Å²) in [6.45, 7) is 9.92. The first-order valence-electron chi connectivity index (χ1n) is 6.97. The molecule has 0 bridgehead atoms. The van der Waals surface area contributed by atoms with Crippen molar-refractivity contribution in [2.45, 2.75) is 40.2 Å². The minimum Gasteiger partial charge on any atom is -0.493 e.